The van der Waals surface area contributed by atoms with Crippen LogP contribution in [0.5, 0.6) is 0 Å². The number of piperazine rings is 1. The van der Waals surface area contributed by atoms with Gasteiger partial charge in [0.15, 0.2) is 0 Å². The van der Waals surface area contributed by atoms with Crippen molar-refractivity contribution in [2.24, 2.45) is 5.73 Å². The van der Waals surface area contributed by atoms with Gasteiger partial charge in [-0.3, -0.25) is 9.69 Å². The second-order valence-electron chi connectivity index (χ2n) is 5.83. The zero-order chi connectivity index (χ0) is 13.7. The minimum absolute atomic E-state index is 0.0202. The molecule has 1 saturated carbocycles. The maximum absolute atomic E-state index is 12.0. The SMILES string of the molecule is CC(C(=O)NC1CC1)N1CCN(CCCCN)CC1. The molecule has 1 unspecified atom stereocenters. The molecule has 0 aromatic heterocycles. The Morgan fingerprint density at radius 2 is 1.95 bits per heavy atom. The van der Waals surface area contributed by atoms with Gasteiger partial charge < -0.3 is 16.0 Å². The molecule has 0 bridgehead atoms. The van der Waals surface area contributed by atoms with Gasteiger partial charge in [-0.1, -0.05) is 0 Å². The van der Waals surface area contributed by atoms with E-state index in [1.54, 1.807) is 0 Å². The Kier molecular flexibility index (Phi) is 5.60. The molecular weight excluding hydrogens is 240 g/mol. The number of hydrogen-bond donors (Lipinski definition) is 2. The summed E-state index contributed by atoms with van der Waals surface area (Å²) in [6.07, 6.45) is 4.62. The first kappa shape index (κ1) is 14.8. The molecule has 0 aromatic rings. The number of rotatable bonds is 7. The fraction of sp³-hybridized carbons (Fsp3) is 0.929. The van der Waals surface area contributed by atoms with E-state index in [1.165, 1.54) is 6.42 Å². The van der Waals surface area contributed by atoms with E-state index in [1.807, 2.05) is 6.92 Å². The van der Waals surface area contributed by atoms with Gasteiger partial charge in [-0.2, -0.15) is 0 Å². The molecule has 2 aliphatic rings. The van der Waals surface area contributed by atoms with Crippen molar-refractivity contribution in [3.63, 3.8) is 0 Å². The van der Waals surface area contributed by atoms with Crippen LogP contribution < -0.4 is 11.1 Å². The molecule has 1 aliphatic heterocycles. The molecule has 1 aliphatic carbocycles. The number of nitrogens with two attached hydrogens (primary N) is 1. The van der Waals surface area contributed by atoms with Crippen molar-refractivity contribution in [3.8, 4) is 0 Å². The van der Waals surface area contributed by atoms with Crippen molar-refractivity contribution in [2.75, 3.05) is 39.3 Å². The Bertz CT molecular complexity index is 285. The monoisotopic (exact) mass is 268 g/mol. The van der Waals surface area contributed by atoms with Crippen molar-refractivity contribution in [2.45, 2.75) is 44.7 Å². The van der Waals surface area contributed by atoms with Gasteiger partial charge in [0.25, 0.3) is 0 Å². The fourth-order valence-electron chi connectivity index (χ4n) is 2.57. The van der Waals surface area contributed by atoms with Crippen molar-refractivity contribution in [1.29, 1.82) is 0 Å². The molecule has 110 valence electrons. The third-order valence-electron chi connectivity index (χ3n) is 4.19. The maximum atomic E-state index is 12.0. The lowest BCUT2D eigenvalue weighted by Crippen LogP contribution is -2.54. The number of unbranched alkanes of at least 4 members (excludes halogenated alkanes) is 1. The summed E-state index contributed by atoms with van der Waals surface area (Å²) in [6.45, 7) is 8.12. The second-order valence-corrected chi connectivity index (χ2v) is 5.83. The van der Waals surface area contributed by atoms with Gasteiger partial charge in [0, 0.05) is 32.2 Å². The van der Waals surface area contributed by atoms with E-state index in [4.69, 9.17) is 5.73 Å². The lowest BCUT2D eigenvalue weighted by Gasteiger charge is -2.37. The molecule has 1 atom stereocenters. The van der Waals surface area contributed by atoms with Crippen molar-refractivity contribution < 1.29 is 4.79 Å². The largest absolute Gasteiger partial charge is 0.352 e. The first-order valence-corrected chi connectivity index (χ1v) is 7.67. The summed E-state index contributed by atoms with van der Waals surface area (Å²) < 4.78 is 0. The Labute approximate surface area is 116 Å². The quantitative estimate of drug-likeness (QED) is 0.639. The van der Waals surface area contributed by atoms with Crippen LogP contribution in [0, 0.1) is 0 Å². The van der Waals surface area contributed by atoms with Gasteiger partial charge in [0.2, 0.25) is 5.91 Å². The highest BCUT2D eigenvalue weighted by Crippen LogP contribution is 2.19. The average Bonchev–Trinajstić information content (AvgIpc) is 3.23. The Hall–Kier alpha value is -0.650. The van der Waals surface area contributed by atoms with Gasteiger partial charge in [0.05, 0.1) is 6.04 Å². The van der Waals surface area contributed by atoms with E-state index in [0.29, 0.717) is 6.04 Å². The van der Waals surface area contributed by atoms with E-state index < -0.39 is 0 Å². The lowest BCUT2D eigenvalue weighted by atomic mass is 10.2. The highest BCUT2D eigenvalue weighted by Gasteiger charge is 2.29. The van der Waals surface area contributed by atoms with Gasteiger partial charge in [-0.15, -0.1) is 0 Å². The summed E-state index contributed by atoms with van der Waals surface area (Å²) in [6, 6.07) is 0.485. The summed E-state index contributed by atoms with van der Waals surface area (Å²) >= 11 is 0. The first-order valence-electron chi connectivity index (χ1n) is 7.67. The van der Waals surface area contributed by atoms with E-state index in [0.717, 1.165) is 58.5 Å². The van der Waals surface area contributed by atoms with Crippen molar-refractivity contribution in [1.82, 2.24) is 15.1 Å². The van der Waals surface area contributed by atoms with Crippen LogP contribution in [0.3, 0.4) is 0 Å². The maximum Gasteiger partial charge on any atom is 0.237 e. The molecule has 5 heteroatoms. The van der Waals surface area contributed by atoms with Crippen LogP contribution in [0.2, 0.25) is 0 Å². The first-order chi connectivity index (χ1) is 9.20. The van der Waals surface area contributed by atoms with E-state index in [-0.39, 0.29) is 11.9 Å². The predicted octanol–water partition coefficient (Wildman–Crippen LogP) is 0.0100. The number of amides is 1. The minimum Gasteiger partial charge on any atom is -0.352 e. The minimum atomic E-state index is 0.0202. The van der Waals surface area contributed by atoms with Crippen molar-refractivity contribution in [3.05, 3.63) is 0 Å². The topological polar surface area (TPSA) is 61.6 Å². The van der Waals surface area contributed by atoms with Crippen LogP contribution in [0.15, 0.2) is 0 Å². The lowest BCUT2D eigenvalue weighted by molar-refractivity contribution is -0.126. The molecule has 2 fully saturated rings. The summed E-state index contributed by atoms with van der Waals surface area (Å²) in [5.41, 5.74) is 5.51. The summed E-state index contributed by atoms with van der Waals surface area (Å²) in [5, 5.41) is 3.10. The molecular formula is C14H28N4O. The van der Waals surface area contributed by atoms with Crippen molar-refractivity contribution >= 4 is 5.91 Å². The predicted molar refractivity (Wildman–Crippen MR) is 76.9 cm³/mol. The van der Waals surface area contributed by atoms with Crippen LogP contribution in [-0.2, 0) is 4.79 Å². The highest BCUT2D eigenvalue weighted by molar-refractivity contribution is 5.81. The Morgan fingerprint density at radius 1 is 1.26 bits per heavy atom. The molecule has 1 heterocycles. The Balaban J connectivity index is 1.65. The standard InChI is InChI=1S/C14H28N4O/c1-12(14(19)16-13-4-5-13)18-10-8-17(9-11-18)7-3-2-6-15/h12-13H,2-11,15H2,1H3,(H,16,19). The molecule has 0 aromatic carbocycles. The van der Waals surface area contributed by atoms with Gasteiger partial charge in [0.1, 0.15) is 0 Å². The van der Waals surface area contributed by atoms with Crippen LogP contribution in [0.1, 0.15) is 32.6 Å². The van der Waals surface area contributed by atoms with Gasteiger partial charge in [-0.25, -0.2) is 0 Å². The number of hydrogen-bond acceptors (Lipinski definition) is 4. The Morgan fingerprint density at radius 3 is 2.53 bits per heavy atom. The summed E-state index contributed by atoms with van der Waals surface area (Å²) in [4.78, 5) is 16.8. The molecule has 3 N–H and O–H groups in total. The number of carbonyl (C=O) groups excluding carboxylic acids is 1. The van der Waals surface area contributed by atoms with Gasteiger partial charge in [-0.05, 0) is 45.7 Å². The molecule has 0 spiro atoms. The molecule has 2 rings (SSSR count). The third-order valence-corrected chi connectivity index (χ3v) is 4.19. The van der Waals surface area contributed by atoms with Crippen LogP contribution in [0.25, 0.3) is 0 Å². The smallest absolute Gasteiger partial charge is 0.237 e. The molecule has 19 heavy (non-hydrogen) atoms. The van der Waals surface area contributed by atoms with E-state index in [9.17, 15) is 4.79 Å². The fourth-order valence-corrected chi connectivity index (χ4v) is 2.57. The number of nitrogens with zero attached hydrogens (tertiary/aromatic N) is 2. The van der Waals surface area contributed by atoms with Crippen LogP contribution in [-0.4, -0.2) is 67.1 Å². The third kappa shape index (κ3) is 4.75. The number of carbonyl (C=O) groups is 1. The molecule has 1 amide bonds. The zero-order valence-electron chi connectivity index (χ0n) is 12.1. The van der Waals surface area contributed by atoms with E-state index in [2.05, 4.69) is 15.1 Å². The summed E-state index contributed by atoms with van der Waals surface area (Å²) in [7, 11) is 0. The zero-order valence-corrected chi connectivity index (χ0v) is 12.1. The van der Waals surface area contributed by atoms with Gasteiger partial charge >= 0.3 is 0 Å². The van der Waals surface area contributed by atoms with Crippen LogP contribution >= 0.6 is 0 Å². The average molecular weight is 268 g/mol. The summed E-state index contributed by atoms with van der Waals surface area (Å²) in [5.74, 6) is 0.207. The molecule has 5 nitrogen and oxygen atoms in total. The van der Waals surface area contributed by atoms with Crippen LogP contribution in [0.4, 0.5) is 0 Å². The van der Waals surface area contributed by atoms with E-state index >= 15 is 0 Å². The molecule has 1 saturated heterocycles. The number of nitrogens with one attached hydrogen (secondary N) is 1. The second kappa shape index (κ2) is 7.22. The highest BCUT2D eigenvalue weighted by atomic mass is 16.2. The normalized spacial score (nSPS) is 23.3. The molecule has 0 radical (unpaired) electrons.